The third kappa shape index (κ3) is 7.46. The maximum atomic E-state index is 14.3. The van der Waals surface area contributed by atoms with Crippen LogP contribution in [0.2, 0.25) is 0 Å². The molecule has 0 spiro atoms. The summed E-state index contributed by atoms with van der Waals surface area (Å²) in [7, 11) is 1.69. The van der Waals surface area contributed by atoms with Crippen molar-refractivity contribution in [3.63, 3.8) is 0 Å². The van der Waals surface area contributed by atoms with Crippen LogP contribution in [0.4, 0.5) is 0 Å². The molecule has 1 aliphatic carbocycles. The van der Waals surface area contributed by atoms with E-state index in [1.54, 1.807) is 13.3 Å². The van der Waals surface area contributed by atoms with E-state index in [1.165, 1.54) is 16.3 Å². The Kier molecular flexibility index (Phi) is 10.5. The van der Waals surface area contributed by atoms with E-state index in [4.69, 9.17) is 19.4 Å². The fraction of sp³-hybridized carbons (Fsp3) is 0.524. The van der Waals surface area contributed by atoms with Gasteiger partial charge in [0.05, 0.1) is 40.7 Å². The van der Waals surface area contributed by atoms with Gasteiger partial charge >= 0.3 is 5.97 Å². The lowest BCUT2D eigenvalue weighted by Crippen LogP contribution is -2.60. The molecular formula is C42H51N7O6S. The molecule has 3 aliphatic heterocycles. The average molecular weight is 782 g/mol. The van der Waals surface area contributed by atoms with Crippen LogP contribution >= 0.6 is 11.3 Å². The molecule has 2 saturated heterocycles. The van der Waals surface area contributed by atoms with Gasteiger partial charge in [-0.1, -0.05) is 19.9 Å². The van der Waals surface area contributed by atoms with Crippen molar-refractivity contribution in [2.75, 3.05) is 26.8 Å². The van der Waals surface area contributed by atoms with Crippen LogP contribution in [0.5, 0.6) is 0 Å². The number of methoxy groups -OCH3 is 1. The van der Waals surface area contributed by atoms with Crippen molar-refractivity contribution < 1.29 is 28.7 Å². The molecule has 56 heavy (non-hydrogen) atoms. The number of amides is 3. The number of carbonyl (C=O) groups is 4. The van der Waals surface area contributed by atoms with Crippen molar-refractivity contribution in [3.8, 4) is 22.5 Å². The highest BCUT2D eigenvalue weighted by atomic mass is 32.1. The minimum Gasteiger partial charge on any atom is -0.464 e. The van der Waals surface area contributed by atoms with Gasteiger partial charge in [-0.3, -0.25) is 29.2 Å². The smallest absolute Gasteiger partial charge is 0.324 e. The second kappa shape index (κ2) is 15.4. The largest absolute Gasteiger partial charge is 0.464 e. The van der Waals surface area contributed by atoms with E-state index in [0.29, 0.717) is 37.4 Å². The van der Waals surface area contributed by atoms with E-state index in [1.807, 2.05) is 23.3 Å². The molecule has 1 unspecified atom stereocenters. The predicted molar refractivity (Wildman–Crippen MR) is 212 cm³/mol. The van der Waals surface area contributed by atoms with E-state index < -0.39 is 29.4 Å². The fourth-order valence-electron chi connectivity index (χ4n) is 8.50. The van der Waals surface area contributed by atoms with Gasteiger partial charge in [0.2, 0.25) is 11.8 Å². The molecule has 296 valence electrons. The molecule has 1 aromatic carbocycles. The van der Waals surface area contributed by atoms with E-state index >= 15 is 0 Å². The first kappa shape index (κ1) is 38.2. The summed E-state index contributed by atoms with van der Waals surface area (Å²) in [5, 5.41) is 8.22. The minimum absolute atomic E-state index is 0.0117. The number of aromatic nitrogens is 3. The highest BCUT2D eigenvalue weighted by Crippen LogP contribution is 2.42. The van der Waals surface area contributed by atoms with Crippen LogP contribution in [-0.2, 0) is 48.0 Å². The Morgan fingerprint density at radius 3 is 2.75 bits per heavy atom. The summed E-state index contributed by atoms with van der Waals surface area (Å²) in [5.74, 6) is -1.64. The van der Waals surface area contributed by atoms with Gasteiger partial charge in [0.15, 0.2) is 0 Å². The third-order valence-electron chi connectivity index (χ3n) is 11.7. The van der Waals surface area contributed by atoms with Crippen molar-refractivity contribution >= 4 is 45.9 Å². The molecule has 4 atom stereocenters. The van der Waals surface area contributed by atoms with Crippen LogP contribution in [0.25, 0.3) is 33.4 Å². The van der Waals surface area contributed by atoms with Gasteiger partial charge in [0.25, 0.3) is 5.91 Å². The van der Waals surface area contributed by atoms with Crippen LogP contribution < -0.4 is 10.7 Å². The maximum absolute atomic E-state index is 14.3. The number of cyclic esters (lactones) is 1. The zero-order valence-corrected chi connectivity index (χ0v) is 33.6. The lowest BCUT2D eigenvalue weighted by Gasteiger charge is -2.35. The summed E-state index contributed by atoms with van der Waals surface area (Å²) in [4.78, 5) is 66.1. The van der Waals surface area contributed by atoms with E-state index in [2.05, 4.69) is 60.3 Å². The predicted octanol–water partition coefficient (Wildman–Crippen LogP) is 5.21. The molecule has 3 fully saturated rings. The van der Waals surface area contributed by atoms with Gasteiger partial charge < -0.3 is 24.3 Å². The Morgan fingerprint density at radius 1 is 1.16 bits per heavy atom. The number of thiazole rings is 1. The summed E-state index contributed by atoms with van der Waals surface area (Å²) in [6.45, 7) is 9.98. The molecule has 4 aliphatic rings. The SMILES string of the molecule is CCn1c(-c2cccnc2[C@H](C)OC)c2c3cc(ccc31)-c1csc(n1)C[C@H](NC(=O)C1CC(=O)N(C3CC3)C1)C(=O)N1CCC[C@H](N1)C(=O)OCC(C)(C)C2. The normalized spacial score (nSPS) is 23.6. The van der Waals surface area contributed by atoms with Crippen molar-refractivity contribution in [1.82, 2.24) is 35.2 Å². The Hall–Kier alpha value is -4.66. The number of likely N-dealkylation sites (tertiary alicyclic amines) is 1. The summed E-state index contributed by atoms with van der Waals surface area (Å²) < 4.78 is 14.2. The zero-order valence-electron chi connectivity index (χ0n) is 32.8. The number of nitrogens with zero attached hydrogens (tertiary/aromatic N) is 5. The summed E-state index contributed by atoms with van der Waals surface area (Å²) >= 11 is 1.44. The van der Waals surface area contributed by atoms with Gasteiger partial charge in [-0.15, -0.1) is 11.3 Å². The Balaban J connectivity index is 1.20. The summed E-state index contributed by atoms with van der Waals surface area (Å²) in [5.41, 5.74) is 9.47. The Labute approximate surface area is 331 Å². The molecule has 14 heteroatoms. The van der Waals surface area contributed by atoms with Crippen LogP contribution in [-0.4, -0.2) is 93.1 Å². The third-order valence-corrected chi connectivity index (χ3v) is 12.5. The topological polar surface area (TPSA) is 148 Å². The lowest BCUT2D eigenvalue weighted by atomic mass is 9.84. The van der Waals surface area contributed by atoms with E-state index in [-0.39, 0.29) is 49.3 Å². The molecule has 3 aromatic heterocycles. The number of aryl methyl sites for hydroxylation is 1. The first-order valence-electron chi connectivity index (χ1n) is 19.9. The highest BCUT2D eigenvalue weighted by molar-refractivity contribution is 7.10. The quantitative estimate of drug-likeness (QED) is 0.241. The summed E-state index contributed by atoms with van der Waals surface area (Å²) in [6.07, 6.45) is 5.50. The molecule has 0 radical (unpaired) electrons. The number of hydrogen-bond acceptors (Lipinski definition) is 10. The van der Waals surface area contributed by atoms with Gasteiger partial charge in [-0.05, 0) is 75.8 Å². The average Bonchev–Trinajstić information content (AvgIpc) is 3.68. The number of hydrazine groups is 1. The molecule has 3 amide bonds. The molecule has 13 nitrogen and oxygen atoms in total. The van der Waals surface area contributed by atoms with Gasteiger partial charge in [0.1, 0.15) is 12.1 Å². The molecule has 2 N–H and O–H groups in total. The Morgan fingerprint density at radius 2 is 1.98 bits per heavy atom. The number of ether oxygens (including phenoxy) is 2. The fourth-order valence-corrected chi connectivity index (χ4v) is 9.35. The number of esters is 1. The van der Waals surface area contributed by atoms with E-state index in [0.717, 1.165) is 64.1 Å². The molecule has 6 bridgehead atoms. The van der Waals surface area contributed by atoms with Crippen LogP contribution in [0, 0.1) is 11.3 Å². The Bertz CT molecular complexity index is 2170. The second-order valence-corrected chi connectivity index (χ2v) is 17.4. The number of rotatable bonds is 7. The first-order chi connectivity index (χ1) is 26.9. The monoisotopic (exact) mass is 781 g/mol. The van der Waals surface area contributed by atoms with Crippen molar-refractivity contribution in [2.45, 2.75) is 103 Å². The number of nitrogens with one attached hydrogen (secondary N) is 2. The van der Waals surface area contributed by atoms with E-state index in [9.17, 15) is 19.2 Å². The maximum Gasteiger partial charge on any atom is 0.324 e. The lowest BCUT2D eigenvalue weighted by molar-refractivity contribution is -0.155. The van der Waals surface area contributed by atoms with Crippen LogP contribution in [0.1, 0.15) is 82.2 Å². The summed E-state index contributed by atoms with van der Waals surface area (Å²) in [6, 6.07) is 9.02. The minimum atomic E-state index is -0.954. The molecule has 6 heterocycles. The van der Waals surface area contributed by atoms with Gasteiger partial charge in [-0.2, -0.15) is 0 Å². The van der Waals surface area contributed by atoms with Crippen LogP contribution in [0.3, 0.4) is 0 Å². The van der Waals surface area contributed by atoms with Crippen LogP contribution in [0.15, 0.2) is 41.9 Å². The van der Waals surface area contributed by atoms with Crippen molar-refractivity contribution in [3.05, 3.63) is 58.2 Å². The van der Waals surface area contributed by atoms with Crippen molar-refractivity contribution in [1.29, 1.82) is 0 Å². The number of carbonyl (C=O) groups excluding carboxylic acids is 4. The first-order valence-corrected chi connectivity index (χ1v) is 20.7. The number of hydrogen-bond donors (Lipinski definition) is 2. The second-order valence-electron chi connectivity index (χ2n) is 16.5. The van der Waals surface area contributed by atoms with Gasteiger partial charge in [-0.25, -0.2) is 10.4 Å². The van der Waals surface area contributed by atoms with Gasteiger partial charge in [0, 0.05) is 84.6 Å². The number of fused-ring (bicyclic) bond motifs is 6. The van der Waals surface area contributed by atoms with Crippen molar-refractivity contribution in [2.24, 2.45) is 11.3 Å². The zero-order chi connectivity index (χ0) is 39.3. The molecule has 4 aromatic rings. The number of benzene rings is 1. The standard InChI is InChI=1S/C42H51N7O6S/c1-6-47-34-14-11-25-17-29(34)30(38(47)28-9-7-15-43-37(28)24(2)54-5)20-42(3,4)23-55-41(53)31-10-8-16-49(46-31)40(52)32(19-35-44-33(25)22-56-35)45-39(51)26-18-36(50)48(21-26)27-12-13-27/h7,9,11,14-15,17,22,24,26-27,31-32,46H,6,8,10,12-13,16,18-21,23H2,1-5H3,(H,45,51)/t24-,26?,31-,32-/m0/s1. The molecular weight excluding hydrogens is 731 g/mol. The highest BCUT2D eigenvalue weighted by Gasteiger charge is 2.43. The number of pyridine rings is 1. The molecule has 1 saturated carbocycles. The molecule has 8 rings (SSSR count).